The number of aliphatic hydroxyl groups is 2. The number of nitrogens with two attached hydrogens (primary N) is 1. The van der Waals surface area contributed by atoms with Gasteiger partial charge in [0, 0.05) is 69.7 Å². The number of hydrogen-bond donors (Lipinski definition) is 5. The van der Waals surface area contributed by atoms with Gasteiger partial charge in [0.15, 0.2) is 28.6 Å². The lowest BCUT2D eigenvalue weighted by molar-refractivity contribution is -0.172. The first-order chi connectivity index (χ1) is 47.3. The van der Waals surface area contributed by atoms with E-state index in [1.165, 1.54) is 0 Å². The summed E-state index contributed by atoms with van der Waals surface area (Å²) in [6.45, 7) is 16.0. The van der Waals surface area contributed by atoms with Crippen LogP contribution in [0.15, 0.2) is 51.1 Å². The van der Waals surface area contributed by atoms with Crippen LogP contribution in [-0.2, 0) is 133 Å². The van der Waals surface area contributed by atoms with Crippen molar-refractivity contribution in [2.45, 2.75) is 197 Å². The van der Waals surface area contributed by atoms with Crippen molar-refractivity contribution in [2.24, 2.45) is 28.6 Å². The number of cyclic esters (lactones) is 2. The Bertz CT molecular complexity index is 4480. The molecule has 26 heteroatoms. The minimum absolute atomic E-state index is 0. The monoisotopic (exact) mass is 1390 g/mol. The van der Waals surface area contributed by atoms with E-state index in [0.717, 1.165) is 105 Å². The van der Waals surface area contributed by atoms with Crippen molar-refractivity contribution in [3.63, 3.8) is 0 Å². The second-order valence-corrected chi connectivity index (χ2v) is 27.3. The molecule has 6 aromatic rings. The molecule has 2 amide bonds. The van der Waals surface area contributed by atoms with Crippen molar-refractivity contribution >= 4 is 62.9 Å². The number of carbonyl (C=O) groups is 7. The van der Waals surface area contributed by atoms with Crippen molar-refractivity contribution in [2.75, 3.05) is 46.2 Å². The summed E-state index contributed by atoms with van der Waals surface area (Å²) < 4.78 is 29.8. The van der Waals surface area contributed by atoms with Gasteiger partial charge in [0.2, 0.25) is 11.8 Å². The summed E-state index contributed by atoms with van der Waals surface area (Å²) in [5, 5.41) is 33.4. The Morgan fingerprint density at radius 3 is 1.50 bits per heavy atom. The van der Waals surface area contributed by atoms with Gasteiger partial charge in [-0.2, -0.15) is 0 Å². The lowest BCUT2D eigenvalue weighted by atomic mass is 9.83. The van der Waals surface area contributed by atoms with Gasteiger partial charge < -0.3 is 59.4 Å². The average Bonchev–Trinajstić information content (AvgIpc) is 1.62. The molecule has 2 aliphatic carbocycles. The fraction of sp³-hybridized carbons (Fsp3) is 0.533. The predicted molar refractivity (Wildman–Crippen MR) is 376 cm³/mol. The van der Waals surface area contributed by atoms with Gasteiger partial charge >= 0.3 is 11.9 Å². The van der Waals surface area contributed by atoms with Crippen molar-refractivity contribution < 1.29 is 67.5 Å². The van der Waals surface area contributed by atoms with Crippen molar-refractivity contribution in [3.05, 3.63) is 134 Å². The molecule has 6 aliphatic rings. The van der Waals surface area contributed by atoms with Gasteiger partial charge in [-0.25, -0.2) is 19.6 Å². The summed E-state index contributed by atoms with van der Waals surface area (Å²) in [5.41, 5.74) is 22.9. The third-order valence-corrected chi connectivity index (χ3v) is 20.5. The highest BCUT2D eigenvalue weighted by Crippen LogP contribution is 2.45. The van der Waals surface area contributed by atoms with E-state index in [4.69, 9.17) is 44.9 Å². The second-order valence-electron chi connectivity index (χ2n) is 27.3. The Morgan fingerprint density at radius 2 is 1.06 bits per heavy atom. The molecule has 8 heterocycles. The van der Waals surface area contributed by atoms with E-state index in [1.54, 1.807) is 49.0 Å². The highest BCUT2D eigenvalue weighted by atomic mass is 16.6. The summed E-state index contributed by atoms with van der Waals surface area (Å²) >= 11 is 0. The molecule has 0 bridgehead atoms. The summed E-state index contributed by atoms with van der Waals surface area (Å²) in [6.07, 6.45) is 5.26. The molecule has 0 fully saturated rings. The van der Waals surface area contributed by atoms with Gasteiger partial charge in [0.1, 0.15) is 19.8 Å². The molecular formula is C75H94N10O16. The van der Waals surface area contributed by atoms with E-state index >= 15 is 0 Å². The Balaban J connectivity index is 0.000000240. The maximum absolute atomic E-state index is 13.8. The van der Waals surface area contributed by atoms with Gasteiger partial charge in [-0.3, -0.25) is 33.6 Å². The zero-order chi connectivity index (χ0) is 70.9. The Morgan fingerprint density at radius 1 is 0.624 bits per heavy atom. The summed E-state index contributed by atoms with van der Waals surface area (Å²) in [5.74, 6) is -3.53. The second kappa shape index (κ2) is 31.6. The highest BCUT2D eigenvalue weighted by Gasteiger charge is 2.48. The number of rotatable bonds is 27. The van der Waals surface area contributed by atoms with Gasteiger partial charge in [-0.1, -0.05) is 73.6 Å². The van der Waals surface area contributed by atoms with Crippen molar-refractivity contribution in [1.82, 2.24) is 29.7 Å². The molecule has 540 valence electrons. The zero-order valence-electron chi connectivity index (χ0n) is 57.3. The van der Waals surface area contributed by atoms with Crippen LogP contribution in [0.25, 0.3) is 55.0 Å². The normalized spacial score (nSPS) is 18.3. The van der Waals surface area contributed by atoms with Crippen LogP contribution in [0.5, 0.6) is 0 Å². The quantitative estimate of drug-likeness (QED) is 0.0111. The molecule has 4 aliphatic heterocycles. The number of azide groups is 1. The van der Waals surface area contributed by atoms with Crippen LogP contribution in [0.1, 0.15) is 169 Å². The fourth-order valence-corrected chi connectivity index (χ4v) is 14.6. The van der Waals surface area contributed by atoms with Gasteiger partial charge in [0.05, 0.1) is 109 Å². The number of Topliss-reactive ketones (excluding diaryl/α,β-unsaturated/α-hetero) is 3. The van der Waals surface area contributed by atoms with Crippen LogP contribution in [0.2, 0.25) is 0 Å². The summed E-state index contributed by atoms with van der Waals surface area (Å²) in [4.78, 5) is 131. The number of hydrogen-bond acceptors (Lipinski definition) is 20. The maximum atomic E-state index is 13.8. The molecule has 12 rings (SSSR count). The van der Waals surface area contributed by atoms with Crippen molar-refractivity contribution in [1.29, 1.82) is 0 Å². The first kappa shape index (κ1) is 76.3. The van der Waals surface area contributed by atoms with Gasteiger partial charge in [0.25, 0.3) is 11.1 Å². The molecule has 0 spiro atoms. The minimum atomic E-state index is -1.91. The molecule has 2 aromatic carbocycles. The Kier molecular flexibility index (Phi) is 23.8. The highest BCUT2D eigenvalue weighted by molar-refractivity contribution is 5.98. The molecule has 0 saturated heterocycles. The predicted octanol–water partition coefficient (Wildman–Crippen LogP) is 7.22. The number of nitrogens with one attached hydrogen (secondary N) is 2. The lowest BCUT2D eigenvalue weighted by Gasteiger charge is -2.31. The van der Waals surface area contributed by atoms with Crippen LogP contribution in [-0.4, -0.2) is 135 Å². The number of pyridine rings is 4. The lowest BCUT2D eigenvalue weighted by Crippen LogP contribution is -2.49. The number of amides is 2. The number of esters is 2. The third-order valence-electron chi connectivity index (χ3n) is 20.5. The van der Waals surface area contributed by atoms with Crippen LogP contribution in [0, 0.1) is 17.8 Å². The van der Waals surface area contributed by atoms with E-state index in [2.05, 4.69) is 20.7 Å². The Hall–Kier alpha value is -8.88. The van der Waals surface area contributed by atoms with Crippen LogP contribution in [0.4, 0.5) is 0 Å². The molecule has 101 heavy (non-hydrogen) atoms. The number of carbonyl (C=O) groups excluding carboxylic acids is 7. The minimum Gasteiger partial charge on any atom is -0.458 e. The maximum Gasteiger partial charge on any atom is 0.343 e. The molecule has 26 nitrogen and oxygen atoms in total. The number of ether oxygens (including phenoxy) is 5. The first-order valence-corrected chi connectivity index (χ1v) is 34.3. The molecular weight excluding hydrogens is 1300 g/mol. The molecule has 0 radical (unpaired) electrons. The van der Waals surface area contributed by atoms with Crippen LogP contribution >= 0.6 is 0 Å². The van der Waals surface area contributed by atoms with E-state index in [0.29, 0.717) is 66.8 Å². The van der Waals surface area contributed by atoms with Crippen LogP contribution < -0.4 is 27.5 Å². The van der Waals surface area contributed by atoms with E-state index in [9.17, 15) is 53.4 Å². The number of fused-ring (bicyclic) bond motifs is 10. The number of aryl methyl sites for hydroxylation is 4. The average molecular weight is 1390 g/mol. The SMILES string of the molecule is C.C.CC[C@@]1(O)C(=O)OCc2c1cc1n(c2=O)Cc2c-1nc1ccc(CC(=O)[C@H](C)NC(=O)C(CC(=O)COCCOCCOCCN=[N+]=[N-])C(C)C)c3c1c2CCC3.CC[C@@]1(O)C(=O)OCc2c1cc1n(c2=O)Cc2c-1nc1ccc(CC(=O)[C@H](C)NC(=O)C(N)C(C)C)c3c1c2CCC3. The molecule has 4 aromatic heterocycles. The molecule has 6 N–H and O–H groups in total. The number of ketones is 3. The molecule has 2 unspecified atom stereocenters. The zero-order valence-corrected chi connectivity index (χ0v) is 57.3. The van der Waals surface area contributed by atoms with Gasteiger partial charge in [-0.15, -0.1) is 0 Å². The fourth-order valence-electron chi connectivity index (χ4n) is 14.6. The van der Waals surface area contributed by atoms with Crippen molar-refractivity contribution in [3.8, 4) is 22.8 Å². The largest absolute Gasteiger partial charge is 0.458 e. The number of benzene rings is 2. The number of aromatic nitrogens is 4. The Labute approximate surface area is 586 Å². The molecule has 6 atom stereocenters. The standard InChI is InChI=1S/C41H50N6O10.C32H36N4O6.2CH4/c1-5-41(53)32-19-34-37-30(20-47(34)39(51)31(32)22-57-40(41)52)28-8-6-7-27-25(9-10-33(45-37)36(27)28)17-35(49)24(4)44-38(50)29(23(2)3)18-26(48)21-56-16-15-55-14-13-54-12-11-43-46-42;1-5-32(41)22-12-24-28-20(13-36(24)30(39)21(22)14-42-31(32)40)19-8-6-7-18-17(9-10-23(35-28)26(18)19)11-25(37)16(4)34-29(38)27(33)15(2)3;;/h9-10,19,23-24,29,53H,5-8,11-18,20-22H2,1-4H3,(H,44,50);9-10,12,15-16,27,41H,5-8,11,13-14,33H2,1-4H3,(H,34,38);2*1H4/t24-,29?,41-;16-,27?,32-;;/m00../s1. The van der Waals surface area contributed by atoms with E-state index in [1.807, 2.05) is 52.0 Å². The first-order valence-electron chi connectivity index (χ1n) is 34.3. The van der Waals surface area contributed by atoms with E-state index in [-0.39, 0.29) is 150 Å². The van der Waals surface area contributed by atoms with E-state index < -0.39 is 47.2 Å². The smallest absolute Gasteiger partial charge is 0.343 e. The topological polar surface area (TPSA) is 375 Å². The van der Waals surface area contributed by atoms with Crippen LogP contribution in [0.3, 0.4) is 0 Å². The summed E-state index contributed by atoms with van der Waals surface area (Å²) in [6, 6.07) is 8.94. The third kappa shape index (κ3) is 14.7. The summed E-state index contributed by atoms with van der Waals surface area (Å²) in [7, 11) is 0. The van der Waals surface area contributed by atoms with Gasteiger partial charge in [-0.05, 0) is 140 Å². The number of nitrogens with zero attached hydrogens (tertiary/aromatic N) is 7. The molecule has 0 saturated carbocycles.